The van der Waals surface area contributed by atoms with Gasteiger partial charge < -0.3 is 15.5 Å². The van der Waals surface area contributed by atoms with Crippen molar-refractivity contribution in [1.29, 1.82) is 0 Å². The van der Waals surface area contributed by atoms with Gasteiger partial charge in [-0.15, -0.1) is 0 Å². The Morgan fingerprint density at radius 3 is 2.67 bits per heavy atom. The number of carbonyl (C=O) groups excluding carboxylic acids is 2. The Morgan fingerprint density at radius 1 is 1.06 bits per heavy atom. The molecule has 2 fully saturated rings. The first kappa shape index (κ1) is 21.2. The summed E-state index contributed by atoms with van der Waals surface area (Å²) in [5.74, 6) is 0.0340. The highest BCUT2D eigenvalue weighted by atomic mass is 16.2. The summed E-state index contributed by atoms with van der Waals surface area (Å²) >= 11 is 0. The van der Waals surface area contributed by atoms with Gasteiger partial charge in [0.2, 0.25) is 5.91 Å². The van der Waals surface area contributed by atoms with Crippen molar-refractivity contribution >= 4 is 23.1 Å². The molecule has 3 aromatic rings. The standard InChI is InChI=1S/C23H27N7O3/c31-21-18(6-5-16(14-26-21)15-3-1-9-24-13-15)27-22(32)29-11-7-17(8-12-29)30-19-4-2-10-25-20(19)28-23(30)33/h1-4,9-10,13,16-18H,5-8,11-12,14H2,(H,26,31)(H,27,32)(H,25,28,33)/t16-,18-/m1/s1. The lowest BCUT2D eigenvalue weighted by Crippen LogP contribution is -2.52. The highest BCUT2D eigenvalue weighted by Crippen LogP contribution is 2.25. The lowest BCUT2D eigenvalue weighted by Gasteiger charge is -2.33. The van der Waals surface area contributed by atoms with Gasteiger partial charge >= 0.3 is 11.7 Å². The van der Waals surface area contributed by atoms with E-state index in [0.717, 1.165) is 17.5 Å². The first-order valence-electron chi connectivity index (χ1n) is 11.4. The number of likely N-dealkylation sites (tertiary alicyclic amines) is 1. The van der Waals surface area contributed by atoms with Crippen LogP contribution in [0.1, 0.15) is 43.2 Å². The minimum Gasteiger partial charge on any atom is -0.354 e. The van der Waals surface area contributed by atoms with Crippen LogP contribution in [0, 0.1) is 0 Å². The van der Waals surface area contributed by atoms with E-state index in [9.17, 15) is 14.4 Å². The quantitative estimate of drug-likeness (QED) is 0.559. The summed E-state index contributed by atoms with van der Waals surface area (Å²) in [5.41, 5.74) is 2.27. The molecule has 5 rings (SSSR count). The van der Waals surface area contributed by atoms with E-state index in [0.29, 0.717) is 44.5 Å². The van der Waals surface area contributed by atoms with Gasteiger partial charge in [-0.25, -0.2) is 14.6 Å². The fourth-order valence-corrected chi connectivity index (χ4v) is 4.88. The van der Waals surface area contributed by atoms with Crippen LogP contribution in [0.2, 0.25) is 0 Å². The molecular formula is C23H27N7O3. The summed E-state index contributed by atoms with van der Waals surface area (Å²) in [6.07, 6.45) is 7.90. The predicted octanol–water partition coefficient (Wildman–Crippen LogP) is 1.53. The van der Waals surface area contributed by atoms with Crippen molar-refractivity contribution in [1.82, 2.24) is 35.1 Å². The molecule has 0 saturated carbocycles. The summed E-state index contributed by atoms with van der Waals surface area (Å²) in [7, 11) is 0. The number of carbonyl (C=O) groups is 2. The summed E-state index contributed by atoms with van der Waals surface area (Å²) in [5, 5.41) is 5.87. The van der Waals surface area contributed by atoms with Gasteiger partial charge in [0.05, 0.1) is 5.52 Å². The molecule has 0 aromatic carbocycles. The number of amides is 3. The zero-order valence-electron chi connectivity index (χ0n) is 18.2. The lowest BCUT2D eigenvalue weighted by molar-refractivity contribution is -0.122. The van der Waals surface area contributed by atoms with Crippen molar-refractivity contribution in [2.24, 2.45) is 0 Å². The van der Waals surface area contributed by atoms with Gasteiger partial charge in [0.1, 0.15) is 6.04 Å². The molecule has 172 valence electrons. The van der Waals surface area contributed by atoms with Crippen molar-refractivity contribution in [2.45, 2.75) is 43.7 Å². The monoisotopic (exact) mass is 449 g/mol. The number of piperidine rings is 1. The zero-order chi connectivity index (χ0) is 22.8. The Bertz CT molecular complexity index is 1200. The van der Waals surface area contributed by atoms with Crippen molar-refractivity contribution in [3.05, 3.63) is 58.9 Å². The number of hydrogen-bond donors (Lipinski definition) is 3. The second-order valence-corrected chi connectivity index (χ2v) is 8.70. The predicted molar refractivity (Wildman–Crippen MR) is 122 cm³/mol. The minimum absolute atomic E-state index is 0.000851. The van der Waals surface area contributed by atoms with Crippen LogP contribution in [0.15, 0.2) is 47.7 Å². The van der Waals surface area contributed by atoms with Crippen LogP contribution in [0.25, 0.3) is 11.2 Å². The van der Waals surface area contributed by atoms with Gasteiger partial charge in [0, 0.05) is 50.2 Å². The van der Waals surface area contributed by atoms with E-state index in [1.807, 2.05) is 30.5 Å². The molecule has 2 saturated heterocycles. The second kappa shape index (κ2) is 9.05. The molecular weight excluding hydrogens is 422 g/mol. The smallest absolute Gasteiger partial charge is 0.327 e. The molecule has 0 spiro atoms. The fraction of sp³-hybridized carbons (Fsp3) is 0.435. The number of aromatic amines is 1. The zero-order valence-corrected chi connectivity index (χ0v) is 18.2. The molecule has 0 radical (unpaired) electrons. The second-order valence-electron chi connectivity index (χ2n) is 8.70. The van der Waals surface area contributed by atoms with Crippen molar-refractivity contribution in [3.63, 3.8) is 0 Å². The van der Waals surface area contributed by atoms with Crippen LogP contribution in [0.4, 0.5) is 4.79 Å². The Labute approximate surface area is 190 Å². The van der Waals surface area contributed by atoms with Crippen LogP contribution in [0.3, 0.4) is 0 Å². The summed E-state index contributed by atoms with van der Waals surface area (Å²) < 4.78 is 1.74. The number of urea groups is 1. The van der Waals surface area contributed by atoms with E-state index in [2.05, 4.69) is 25.6 Å². The third-order valence-corrected chi connectivity index (χ3v) is 6.70. The molecule has 3 N–H and O–H groups in total. The molecule has 0 unspecified atom stereocenters. The topological polar surface area (TPSA) is 125 Å². The van der Waals surface area contributed by atoms with E-state index in [-0.39, 0.29) is 29.6 Å². The maximum atomic E-state index is 12.9. The Balaban J connectivity index is 1.19. The molecule has 2 atom stereocenters. The highest BCUT2D eigenvalue weighted by Gasteiger charge is 2.31. The number of nitrogens with one attached hydrogen (secondary N) is 3. The van der Waals surface area contributed by atoms with Gasteiger partial charge in [0.15, 0.2) is 5.65 Å². The van der Waals surface area contributed by atoms with Gasteiger partial charge in [-0.2, -0.15) is 0 Å². The number of aromatic nitrogens is 4. The highest BCUT2D eigenvalue weighted by molar-refractivity contribution is 5.87. The van der Waals surface area contributed by atoms with Gasteiger partial charge in [-0.3, -0.25) is 19.3 Å². The number of hydrogen-bond acceptors (Lipinski definition) is 5. The van der Waals surface area contributed by atoms with Crippen LogP contribution < -0.4 is 16.3 Å². The molecule has 3 aromatic heterocycles. The average Bonchev–Trinajstić information content (AvgIpc) is 3.08. The lowest BCUT2D eigenvalue weighted by atomic mass is 9.95. The summed E-state index contributed by atoms with van der Waals surface area (Å²) in [6, 6.07) is 6.81. The largest absolute Gasteiger partial charge is 0.354 e. The number of H-pyrrole nitrogens is 1. The van der Waals surface area contributed by atoms with Gasteiger partial charge in [0.25, 0.3) is 0 Å². The third-order valence-electron chi connectivity index (χ3n) is 6.70. The van der Waals surface area contributed by atoms with Crippen LogP contribution in [-0.2, 0) is 4.79 Å². The van der Waals surface area contributed by atoms with Crippen molar-refractivity contribution in [3.8, 4) is 0 Å². The van der Waals surface area contributed by atoms with Gasteiger partial charge in [-0.1, -0.05) is 6.07 Å². The molecule has 2 aliphatic rings. The Morgan fingerprint density at radius 2 is 1.88 bits per heavy atom. The minimum atomic E-state index is -0.556. The van der Waals surface area contributed by atoms with E-state index in [1.165, 1.54) is 0 Å². The summed E-state index contributed by atoms with van der Waals surface area (Å²) in [4.78, 5) is 50.8. The molecule has 10 heteroatoms. The number of fused-ring (bicyclic) bond motifs is 1. The first-order chi connectivity index (χ1) is 16.1. The Hall–Kier alpha value is -3.69. The maximum absolute atomic E-state index is 12.9. The fourth-order valence-electron chi connectivity index (χ4n) is 4.88. The van der Waals surface area contributed by atoms with E-state index < -0.39 is 6.04 Å². The normalized spacial score (nSPS) is 22.1. The van der Waals surface area contributed by atoms with Gasteiger partial charge in [-0.05, 0) is 49.4 Å². The van der Waals surface area contributed by atoms with Crippen molar-refractivity contribution < 1.29 is 9.59 Å². The van der Waals surface area contributed by atoms with Crippen LogP contribution >= 0.6 is 0 Å². The van der Waals surface area contributed by atoms with E-state index in [4.69, 9.17) is 0 Å². The average molecular weight is 450 g/mol. The number of rotatable bonds is 3. The van der Waals surface area contributed by atoms with Crippen molar-refractivity contribution in [2.75, 3.05) is 19.6 Å². The van der Waals surface area contributed by atoms with Crippen LogP contribution in [-0.4, -0.2) is 62.0 Å². The third kappa shape index (κ3) is 4.33. The van der Waals surface area contributed by atoms with E-state index >= 15 is 0 Å². The number of nitrogens with zero attached hydrogens (tertiary/aromatic N) is 4. The maximum Gasteiger partial charge on any atom is 0.327 e. The Kier molecular flexibility index (Phi) is 5.80. The molecule has 0 bridgehead atoms. The molecule has 2 aliphatic heterocycles. The number of pyridine rings is 2. The van der Waals surface area contributed by atoms with Crippen LogP contribution in [0.5, 0.6) is 0 Å². The number of imidazole rings is 1. The molecule has 3 amide bonds. The molecule has 0 aliphatic carbocycles. The molecule has 5 heterocycles. The first-order valence-corrected chi connectivity index (χ1v) is 11.4. The SMILES string of the molecule is O=C1NC[C@H](c2cccnc2)CC[C@H]1NC(=O)N1CCC(n2c(=O)[nH]c3ncccc32)CC1. The molecule has 33 heavy (non-hydrogen) atoms. The summed E-state index contributed by atoms with van der Waals surface area (Å²) in [6.45, 7) is 1.57. The molecule has 10 nitrogen and oxygen atoms in total. The van der Waals surface area contributed by atoms with E-state index in [1.54, 1.807) is 21.9 Å².